The summed E-state index contributed by atoms with van der Waals surface area (Å²) in [6.07, 6.45) is -16.2. The predicted molar refractivity (Wildman–Crippen MR) is 156 cm³/mol. The summed E-state index contributed by atoms with van der Waals surface area (Å²) in [7, 11) is 1.38. The largest absolute Gasteiger partial charge is 0.496 e. The molecule has 258 valence electrons. The lowest BCUT2D eigenvalue weighted by Gasteiger charge is -2.30. The molecule has 1 unspecified atom stereocenters. The molecule has 0 spiro atoms. The molecular weight excluding hydrogens is 645 g/mol. The van der Waals surface area contributed by atoms with Crippen LogP contribution in [-0.2, 0) is 35.4 Å². The van der Waals surface area contributed by atoms with Gasteiger partial charge in [0.1, 0.15) is 18.0 Å². The maximum absolute atomic E-state index is 13.6. The molecule has 0 aromatic heterocycles. The number of rotatable bonds is 11. The van der Waals surface area contributed by atoms with Crippen molar-refractivity contribution >= 4 is 6.09 Å². The molecule has 0 saturated heterocycles. The standard InChI is InChI=1S/C33H34F9NO4/c1-5-6-11-30(45,23-14-24(32(37,38)39)16-25(15-23)33(40,41)42)18-47-29(44)43-17-21-12-22(31(34,35)36)8-9-26(21)27-13-20(19(2)3)7-10-28(27)46-4/h7-10,12-16,19,45H,5-6,11,17-18H2,1-4H3,(H,43,44). The lowest BCUT2D eigenvalue weighted by atomic mass is 9.87. The highest BCUT2D eigenvalue weighted by molar-refractivity contribution is 5.75. The zero-order chi connectivity index (χ0) is 35.4. The van der Waals surface area contributed by atoms with Crippen molar-refractivity contribution in [2.24, 2.45) is 0 Å². The van der Waals surface area contributed by atoms with Crippen LogP contribution in [0.15, 0.2) is 54.6 Å². The van der Waals surface area contributed by atoms with Crippen LogP contribution in [0.3, 0.4) is 0 Å². The number of methoxy groups -OCH3 is 1. The fraction of sp³-hybridized carbons (Fsp3) is 0.424. The van der Waals surface area contributed by atoms with E-state index in [2.05, 4.69) is 5.32 Å². The number of alkyl carbamates (subject to hydrolysis) is 1. The molecule has 14 heteroatoms. The molecule has 0 bridgehead atoms. The minimum Gasteiger partial charge on any atom is -0.496 e. The Labute approximate surface area is 265 Å². The molecule has 1 amide bonds. The van der Waals surface area contributed by atoms with E-state index in [-0.39, 0.29) is 30.4 Å². The van der Waals surface area contributed by atoms with Crippen LogP contribution in [0.1, 0.15) is 79.3 Å². The molecule has 2 N–H and O–H groups in total. The summed E-state index contributed by atoms with van der Waals surface area (Å²) in [6.45, 7) is 3.93. The summed E-state index contributed by atoms with van der Waals surface area (Å²) >= 11 is 0. The molecule has 3 rings (SSSR count). The van der Waals surface area contributed by atoms with Gasteiger partial charge in [-0.1, -0.05) is 45.7 Å². The molecule has 0 heterocycles. The lowest BCUT2D eigenvalue weighted by molar-refractivity contribution is -0.143. The van der Waals surface area contributed by atoms with Crippen LogP contribution < -0.4 is 10.1 Å². The van der Waals surface area contributed by atoms with Gasteiger partial charge in [0.2, 0.25) is 0 Å². The van der Waals surface area contributed by atoms with E-state index in [4.69, 9.17) is 9.47 Å². The minimum absolute atomic E-state index is 0.00456. The monoisotopic (exact) mass is 679 g/mol. The highest BCUT2D eigenvalue weighted by Crippen LogP contribution is 2.41. The Morgan fingerprint density at radius 1 is 0.787 bits per heavy atom. The lowest BCUT2D eigenvalue weighted by Crippen LogP contribution is -2.36. The van der Waals surface area contributed by atoms with Crippen molar-refractivity contribution in [3.8, 4) is 16.9 Å². The first-order valence-electron chi connectivity index (χ1n) is 14.5. The summed E-state index contributed by atoms with van der Waals surface area (Å²) in [5.41, 5.74) is -5.95. The number of nitrogens with one attached hydrogen (secondary N) is 1. The van der Waals surface area contributed by atoms with Gasteiger partial charge in [-0.05, 0) is 77.1 Å². The first kappa shape index (κ1) is 37.5. The van der Waals surface area contributed by atoms with Crippen LogP contribution in [0.4, 0.5) is 44.3 Å². The average Bonchev–Trinajstić information content (AvgIpc) is 2.99. The van der Waals surface area contributed by atoms with Crippen molar-refractivity contribution in [1.29, 1.82) is 0 Å². The number of carbonyl (C=O) groups is 1. The smallest absolute Gasteiger partial charge is 0.416 e. The third kappa shape index (κ3) is 9.55. The van der Waals surface area contributed by atoms with Gasteiger partial charge >= 0.3 is 24.6 Å². The molecular formula is C33H34F9NO4. The van der Waals surface area contributed by atoms with Crippen molar-refractivity contribution in [2.45, 2.75) is 76.6 Å². The normalized spacial score (nSPS) is 13.8. The number of ether oxygens (including phenoxy) is 2. The van der Waals surface area contributed by atoms with E-state index < -0.39 is 65.6 Å². The Bertz CT molecular complexity index is 1520. The maximum atomic E-state index is 13.6. The average molecular weight is 680 g/mol. The van der Waals surface area contributed by atoms with Gasteiger partial charge in [0.15, 0.2) is 0 Å². The van der Waals surface area contributed by atoms with Crippen LogP contribution in [0.25, 0.3) is 11.1 Å². The quantitative estimate of drug-likeness (QED) is 0.198. The second-order valence-electron chi connectivity index (χ2n) is 11.3. The van der Waals surface area contributed by atoms with E-state index >= 15 is 0 Å². The summed E-state index contributed by atoms with van der Waals surface area (Å²) in [6, 6.07) is 8.76. The SMILES string of the molecule is CCCCC(O)(COC(=O)NCc1cc(C(F)(F)F)ccc1-c1cc(C(C)C)ccc1OC)c1cc(C(F)(F)F)cc(C(F)(F)F)c1. The molecule has 47 heavy (non-hydrogen) atoms. The molecule has 1 atom stereocenters. The van der Waals surface area contributed by atoms with E-state index in [1.165, 1.54) is 13.2 Å². The fourth-order valence-corrected chi connectivity index (χ4v) is 4.87. The Kier molecular flexibility index (Phi) is 11.5. The van der Waals surface area contributed by atoms with E-state index in [0.29, 0.717) is 35.4 Å². The predicted octanol–water partition coefficient (Wildman–Crippen LogP) is 9.85. The number of unbranched alkanes of at least 4 members (excludes halogenated alkanes) is 1. The van der Waals surface area contributed by atoms with E-state index in [9.17, 15) is 49.4 Å². The Morgan fingerprint density at radius 2 is 1.36 bits per heavy atom. The molecule has 5 nitrogen and oxygen atoms in total. The van der Waals surface area contributed by atoms with Crippen LogP contribution in [-0.4, -0.2) is 24.9 Å². The van der Waals surface area contributed by atoms with Gasteiger partial charge in [-0.3, -0.25) is 0 Å². The minimum atomic E-state index is -5.18. The number of hydrogen-bond donors (Lipinski definition) is 2. The van der Waals surface area contributed by atoms with Crippen LogP contribution in [0, 0.1) is 0 Å². The second kappa shape index (κ2) is 14.4. The fourth-order valence-electron chi connectivity index (χ4n) is 4.87. The summed E-state index contributed by atoms with van der Waals surface area (Å²) < 4.78 is 132. The molecule has 3 aromatic rings. The summed E-state index contributed by atoms with van der Waals surface area (Å²) in [5, 5.41) is 13.6. The molecule has 0 saturated carbocycles. The van der Waals surface area contributed by atoms with Gasteiger partial charge in [-0.25, -0.2) is 4.79 Å². The van der Waals surface area contributed by atoms with E-state index in [1.807, 2.05) is 13.8 Å². The number of aliphatic hydroxyl groups is 1. The molecule has 3 aromatic carbocycles. The highest BCUT2D eigenvalue weighted by Gasteiger charge is 2.40. The maximum Gasteiger partial charge on any atom is 0.416 e. The van der Waals surface area contributed by atoms with Crippen LogP contribution in [0.2, 0.25) is 0 Å². The topological polar surface area (TPSA) is 67.8 Å². The van der Waals surface area contributed by atoms with Gasteiger partial charge in [0, 0.05) is 12.1 Å². The van der Waals surface area contributed by atoms with Gasteiger partial charge in [-0.2, -0.15) is 39.5 Å². The van der Waals surface area contributed by atoms with Gasteiger partial charge in [0.05, 0.1) is 23.8 Å². The number of amides is 1. The van der Waals surface area contributed by atoms with Gasteiger partial charge < -0.3 is 19.9 Å². The number of halogens is 9. The number of carbonyl (C=O) groups excluding carboxylic acids is 1. The number of benzene rings is 3. The van der Waals surface area contributed by atoms with Crippen molar-refractivity contribution in [3.05, 3.63) is 88.0 Å². The zero-order valence-electron chi connectivity index (χ0n) is 25.9. The molecule has 0 aliphatic carbocycles. The summed E-state index contributed by atoms with van der Waals surface area (Å²) in [4.78, 5) is 12.8. The van der Waals surface area contributed by atoms with Crippen molar-refractivity contribution in [3.63, 3.8) is 0 Å². The number of hydrogen-bond acceptors (Lipinski definition) is 4. The molecule has 0 aliphatic heterocycles. The third-order valence-corrected chi connectivity index (χ3v) is 7.55. The molecule has 0 radical (unpaired) electrons. The van der Waals surface area contributed by atoms with Crippen molar-refractivity contribution < 1.29 is 58.9 Å². The van der Waals surface area contributed by atoms with Gasteiger partial charge in [-0.15, -0.1) is 0 Å². The highest BCUT2D eigenvalue weighted by atomic mass is 19.4. The Morgan fingerprint density at radius 3 is 1.87 bits per heavy atom. The van der Waals surface area contributed by atoms with Gasteiger partial charge in [0.25, 0.3) is 0 Å². The Hall–Kier alpha value is -3.94. The molecule has 0 fully saturated rings. The first-order valence-corrected chi connectivity index (χ1v) is 14.5. The van der Waals surface area contributed by atoms with Crippen LogP contribution >= 0.6 is 0 Å². The molecule has 0 aliphatic rings. The summed E-state index contributed by atoms with van der Waals surface area (Å²) in [5.74, 6) is 0.402. The first-order chi connectivity index (χ1) is 21.7. The zero-order valence-corrected chi connectivity index (χ0v) is 25.9. The second-order valence-corrected chi connectivity index (χ2v) is 11.3. The van der Waals surface area contributed by atoms with Crippen molar-refractivity contribution in [2.75, 3.05) is 13.7 Å². The van der Waals surface area contributed by atoms with Crippen LogP contribution in [0.5, 0.6) is 5.75 Å². The van der Waals surface area contributed by atoms with E-state index in [1.54, 1.807) is 25.1 Å². The van der Waals surface area contributed by atoms with E-state index in [0.717, 1.165) is 17.7 Å². The Balaban J connectivity index is 1.94. The van der Waals surface area contributed by atoms with Crippen molar-refractivity contribution in [1.82, 2.24) is 5.32 Å². The number of alkyl halides is 9. The third-order valence-electron chi connectivity index (χ3n) is 7.55.